The number of piperidine rings is 1. The summed E-state index contributed by atoms with van der Waals surface area (Å²) >= 11 is 0. The lowest BCUT2D eigenvalue weighted by Crippen LogP contribution is -2.38. The number of likely N-dealkylation sites (tertiary alicyclic amines) is 1. The smallest absolute Gasteiger partial charge is 0.272 e. The van der Waals surface area contributed by atoms with E-state index in [1.165, 1.54) is 18.2 Å². The van der Waals surface area contributed by atoms with Gasteiger partial charge in [0.15, 0.2) is 0 Å². The molecule has 0 bridgehead atoms. The molecule has 172 valence electrons. The number of nitrogens with zero attached hydrogens (tertiary/aromatic N) is 2. The number of aromatic nitrogens is 2. The molecule has 1 aromatic heterocycles. The molecular formula is C27H23F2N3O2. The topological polar surface area (TPSA) is 66.1 Å². The molecule has 1 aliphatic rings. The largest absolute Gasteiger partial charge is 0.339 e. The molecule has 4 aromatic rings. The van der Waals surface area contributed by atoms with Gasteiger partial charge in [0.2, 0.25) is 0 Å². The van der Waals surface area contributed by atoms with Crippen LogP contribution in [-0.2, 0) is 6.42 Å². The number of rotatable bonds is 4. The van der Waals surface area contributed by atoms with E-state index in [1.54, 1.807) is 41.3 Å². The van der Waals surface area contributed by atoms with Gasteiger partial charge in [0.1, 0.15) is 11.6 Å². The predicted molar refractivity (Wildman–Crippen MR) is 126 cm³/mol. The average molecular weight is 459 g/mol. The van der Waals surface area contributed by atoms with Crippen LogP contribution in [0.1, 0.15) is 45.9 Å². The van der Waals surface area contributed by atoms with Crippen LogP contribution in [0.3, 0.4) is 0 Å². The number of hydrogen-bond donors (Lipinski definition) is 1. The number of nitrogens with one attached hydrogen (secondary N) is 1. The van der Waals surface area contributed by atoms with Crippen molar-refractivity contribution in [2.24, 2.45) is 0 Å². The van der Waals surface area contributed by atoms with Gasteiger partial charge >= 0.3 is 0 Å². The third kappa shape index (κ3) is 4.33. The number of carbonyl (C=O) groups excluding carboxylic acids is 1. The molecule has 2 heterocycles. The van der Waals surface area contributed by atoms with Crippen molar-refractivity contribution in [2.75, 3.05) is 13.1 Å². The zero-order chi connectivity index (χ0) is 23.7. The fourth-order valence-corrected chi connectivity index (χ4v) is 4.67. The summed E-state index contributed by atoms with van der Waals surface area (Å²) in [6, 6.07) is 18.2. The first-order valence-corrected chi connectivity index (χ1v) is 11.3. The molecule has 5 rings (SSSR count). The Kier molecular flexibility index (Phi) is 5.92. The minimum Gasteiger partial charge on any atom is -0.339 e. The summed E-state index contributed by atoms with van der Waals surface area (Å²) in [6.45, 7) is 1.02. The molecular weight excluding hydrogens is 436 g/mol. The Labute approximate surface area is 195 Å². The summed E-state index contributed by atoms with van der Waals surface area (Å²) in [4.78, 5) is 26.9. The first kappa shape index (κ1) is 21.9. The molecule has 0 aliphatic carbocycles. The molecule has 0 saturated carbocycles. The van der Waals surface area contributed by atoms with Gasteiger partial charge in [-0.25, -0.2) is 13.9 Å². The molecule has 34 heavy (non-hydrogen) atoms. The van der Waals surface area contributed by atoms with Crippen LogP contribution < -0.4 is 5.56 Å². The Morgan fingerprint density at radius 2 is 1.68 bits per heavy atom. The van der Waals surface area contributed by atoms with Crippen LogP contribution in [0.4, 0.5) is 8.78 Å². The minimum atomic E-state index is -0.561. The number of carbonyl (C=O) groups is 1. The number of hydrogen-bond acceptors (Lipinski definition) is 3. The van der Waals surface area contributed by atoms with Crippen molar-refractivity contribution in [3.05, 3.63) is 111 Å². The molecule has 5 nitrogen and oxygen atoms in total. The molecule has 0 radical (unpaired) electrons. The molecule has 1 saturated heterocycles. The summed E-state index contributed by atoms with van der Waals surface area (Å²) < 4.78 is 27.9. The average Bonchev–Trinajstić information content (AvgIpc) is 2.87. The van der Waals surface area contributed by atoms with E-state index in [9.17, 15) is 18.4 Å². The number of fused-ring (bicyclic) bond motifs is 1. The van der Waals surface area contributed by atoms with E-state index in [0.717, 1.165) is 29.4 Å². The van der Waals surface area contributed by atoms with Crippen molar-refractivity contribution in [3.63, 3.8) is 0 Å². The summed E-state index contributed by atoms with van der Waals surface area (Å²) in [5.74, 6) is -0.915. The van der Waals surface area contributed by atoms with E-state index in [2.05, 4.69) is 10.2 Å². The Balaban J connectivity index is 1.33. The van der Waals surface area contributed by atoms with E-state index >= 15 is 0 Å². The Bertz CT molecular complexity index is 1410. The van der Waals surface area contributed by atoms with Crippen molar-refractivity contribution in [3.8, 4) is 0 Å². The second-order valence-electron chi connectivity index (χ2n) is 8.65. The summed E-state index contributed by atoms with van der Waals surface area (Å²) in [7, 11) is 0. The summed E-state index contributed by atoms with van der Waals surface area (Å²) in [6.07, 6.45) is 1.84. The maximum atomic E-state index is 14.7. The van der Waals surface area contributed by atoms with Gasteiger partial charge in [0.05, 0.1) is 16.6 Å². The van der Waals surface area contributed by atoms with Crippen LogP contribution in [0, 0.1) is 11.6 Å². The second kappa shape index (κ2) is 9.17. The monoisotopic (exact) mass is 459 g/mol. The predicted octanol–water partition coefficient (Wildman–Crippen LogP) is 4.81. The highest BCUT2D eigenvalue weighted by molar-refractivity contribution is 5.95. The SMILES string of the molecule is O=C(c1cc(Cc2n[nH]c(=O)c3ccccc23)ccc1F)N1CCC(c2ccc(F)cc2)CC1. The van der Waals surface area contributed by atoms with Crippen molar-refractivity contribution in [2.45, 2.75) is 25.2 Å². The lowest BCUT2D eigenvalue weighted by molar-refractivity contribution is 0.0708. The van der Waals surface area contributed by atoms with Gasteiger partial charge in [-0.2, -0.15) is 5.10 Å². The Morgan fingerprint density at radius 1 is 0.971 bits per heavy atom. The first-order chi connectivity index (χ1) is 16.5. The van der Waals surface area contributed by atoms with Crippen molar-refractivity contribution < 1.29 is 13.6 Å². The second-order valence-corrected chi connectivity index (χ2v) is 8.65. The molecule has 0 spiro atoms. The molecule has 1 fully saturated rings. The van der Waals surface area contributed by atoms with E-state index in [1.807, 2.05) is 12.1 Å². The standard InChI is InChI=1S/C27H23F2N3O2/c28-20-8-6-18(7-9-20)19-11-13-32(14-12-19)27(34)23-15-17(5-10-24(23)29)16-25-21-3-1-2-4-22(21)26(33)31-30-25/h1-10,15,19H,11-14,16H2,(H,31,33). The highest BCUT2D eigenvalue weighted by Crippen LogP contribution is 2.29. The van der Waals surface area contributed by atoms with Crippen molar-refractivity contribution >= 4 is 16.7 Å². The molecule has 1 aliphatic heterocycles. The summed E-state index contributed by atoms with van der Waals surface area (Å²) in [5, 5.41) is 7.95. The van der Waals surface area contributed by atoms with Crippen molar-refractivity contribution in [1.29, 1.82) is 0 Å². The van der Waals surface area contributed by atoms with Crippen LogP contribution in [0.5, 0.6) is 0 Å². The zero-order valence-corrected chi connectivity index (χ0v) is 18.4. The van der Waals surface area contributed by atoms with Gasteiger partial charge in [0, 0.05) is 24.9 Å². The van der Waals surface area contributed by atoms with E-state index < -0.39 is 5.82 Å². The lowest BCUT2D eigenvalue weighted by atomic mass is 9.89. The van der Waals surface area contributed by atoms with Crippen LogP contribution in [0.15, 0.2) is 71.5 Å². The maximum absolute atomic E-state index is 14.7. The number of halogens is 2. The van der Waals surface area contributed by atoms with Gasteiger partial charge in [-0.15, -0.1) is 0 Å². The quantitative estimate of drug-likeness (QED) is 0.476. The van der Waals surface area contributed by atoms with Crippen LogP contribution in [0.2, 0.25) is 0 Å². The lowest BCUT2D eigenvalue weighted by Gasteiger charge is -2.32. The van der Waals surface area contributed by atoms with Gasteiger partial charge in [-0.1, -0.05) is 36.4 Å². The Morgan fingerprint density at radius 3 is 2.41 bits per heavy atom. The third-order valence-corrected chi connectivity index (χ3v) is 6.53. The Hall–Kier alpha value is -3.87. The van der Waals surface area contributed by atoms with Gasteiger partial charge in [-0.3, -0.25) is 9.59 Å². The highest BCUT2D eigenvalue weighted by atomic mass is 19.1. The van der Waals surface area contributed by atoms with E-state index in [-0.39, 0.29) is 28.8 Å². The normalized spacial score (nSPS) is 14.5. The zero-order valence-electron chi connectivity index (χ0n) is 18.4. The van der Waals surface area contributed by atoms with Crippen LogP contribution >= 0.6 is 0 Å². The van der Waals surface area contributed by atoms with Gasteiger partial charge in [-0.05, 0) is 60.2 Å². The number of H-pyrrole nitrogens is 1. The number of aromatic amines is 1. The summed E-state index contributed by atoms with van der Waals surface area (Å²) in [5.41, 5.74) is 2.21. The number of amides is 1. The molecule has 0 unspecified atom stereocenters. The van der Waals surface area contributed by atoms with Crippen molar-refractivity contribution in [1.82, 2.24) is 15.1 Å². The first-order valence-electron chi connectivity index (χ1n) is 11.3. The minimum absolute atomic E-state index is 0.0338. The third-order valence-electron chi connectivity index (χ3n) is 6.53. The molecule has 3 aromatic carbocycles. The molecule has 1 amide bonds. The van der Waals surface area contributed by atoms with Gasteiger partial charge < -0.3 is 4.90 Å². The van der Waals surface area contributed by atoms with E-state index in [0.29, 0.717) is 30.6 Å². The molecule has 7 heteroatoms. The number of benzene rings is 3. The molecule has 0 atom stereocenters. The van der Waals surface area contributed by atoms with E-state index in [4.69, 9.17) is 0 Å². The fraction of sp³-hybridized carbons (Fsp3) is 0.222. The fourth-order valence-electron chi connectivity index (χ4n) is 4.67. The molecule has 1 N–H and O–H groups in total. The maximum Gasteiger partial charge on any atom is 0.272 e. The van der Waals surface area contributed by atoms with Crippen LogP contribution in [0.25, 0.3) is 10.8 Å². The highest BCUT2D eigenvalue weighted by Gasteiger charge is 2.26. The van der Waals surface area contributed by atoms with Crippen LogP contribution in [-0.4, -0.2) is 34.1 Å². The van der Waals surface area contributed by atoms with Gasteiger partial charge in [0.25, 0.3) is 11.5 Å².